The highest BCUT2D eigenvalue weighted by molar-refractivity contribution is 7.14. The molecule has 106 valence electrons. The van der Waals surface area contributed by atoms with Gasteiger partial charge in [0.05, 0.1) is 11.2 Å². The lowest BCUT2D eigenvalue weighted by atomic mass is 9.97. The normalized spacial score (nSPS) is 13.6. The number of hydrogen-bond donors (Lipinski definition) is 1. The van der Waals surface area contributed by atoms with E-state index in [-0.39, 0.29) is 0 Å². The summed E-state index contributed by atoms with van der Waals surface area (Å²) < 4.78 is 0. The zero-order valence-corrected chi connectivity index (χ0v) is 13.0. The van der Waals surface area contributed by atoms with Crippen LogP contribution in [0.15, 0.2) is 23.6 Å². The number of nitrogens with one attached hydrogen (secondary N) is 1. The summed E-state index contributed by atoms with van der Waals surface area (Å²) >= 11 is 1.66. The molecule has 0 spiro atoms. The van der Waals surface area contributed by atoms with Crippen molar-refractivity contribution in [2.24, 2.45) is 0 Å². The van der Waals surface area contributed by atoms with Crippen molar-refractivity contribution < 1.29 is 0 Å². The van der Waals surface area contributed by atoms with Crippen LogP contribution in [0.4, 0.5) is 5.13 Å². The molecule has 1 N–H and O–H groups in total. The molecule has 1 aliphatic carbocycles. The molecule has 0 radical (unpaired) electrons. The Morgan fingerprint density at radius 2 is 2.10 bits per heavy atom. The average molecular weight is 295 g/mol. The standard InChI is InChI=1S/C17H17N3S/c1-10-5-3-7-12-15(14-9-21-17(18-2)20-14)11-6-4-8-13(11)19-16(10)12/h3,5,7,9H,4,6,8H2,1-2H3,(H,18,20). The van der Waals surface area contributed by atoms with Crippen molar-refractivity contribution >= 4 is 27.4 Å². The van der Waals surface area contributed by atoms with Crippen molar-refractivity contribution in [1.82, 2.24) is 9.97 Å². The van der Waals surface area contributed by atoms with Crippen LogP contribution in [0.25, 0.3) is 22.2 Å². The number of aromatic nitrogens is 2. The SMILES string of the molecule is CNc1nc(-c2c3c(nc4c(C)cccc24)CCC3)cs1. The molecule has 1 aromatic carbocycles. The summed E-state index contributed by atoms with van der Waals surface area (Å²) in [5.41, 5.74) is 7.43. The van der Waals surface area contributed by atoms with Gasteiger partial charge in [0.25, 0.3) is 0 Å². The minimum atomic E-state index is 0.967. The molecule has 4 heteroatoms. The van der Waals surface area contributed by atoms with Crippen LogP contribution in [-0.4, -0.2) is 17.0 Å². The van der Waals surface area contributed by atoms with E-state index in [1.165, 1.54) is 34.2 Å². The molecular weight excluding hydrogens is 278 g/mol. The van der Waals surface area contributed by atoms with E-state index in [9.17, 15) is 0 Å². The third-order valence-corrected chi connectivity index (χ3v) is 5.08. The Hall–Kier alpha value is -1.94. The highest BCUT2D eigenvalue weighted by atomic mass is 32.1. The summed E-state index contributed by atoms with van der Waals surface area (Å²) in [5, 5.41) is 7.50. The molecule has 0 atom stereocenters. The molecule has 1 aliphatic rings. The Labute approximate surface area is 128 Å². The van der Waals surface area contributed by atoms with Gasteiger partial charge >= 0.3 is 0 Å². The zero-order valence-electron chi connectivity index (χ0n) is 12.2. The van der Waals surface area contributed by atoms with Gasteiger partial charge in [-0.1, -0.05) is 18.2 Å². The Balaban J connectivity index is 2.08. The van der Waals surface area contributed by atoms with Crippen molar-refractivity contribution in [2.75, 3.05) is 12.4 Å². The second-order valence-electron chi connectivity index (χ2n) is 5.52. The van der Waals surface area contributed by atoms with E-state index in [0.717, 1.165) is 29.2 Å². The molecule has 0 saturated carbocycles. The first-order chi connectivity index (χ1) is 10.3. The predicted molar refractivity (Wildman–Crippen MR) is 89.2 cm³/mol. The van der Waals surface area contributed by atoms with Gasteiger partial charge < -0.3 is 5.32 Å². The van der Waals surface area contributed by atoms with Gasteiger partial charge in [0.15, 0.2) is 5.13 Å². The first-order valence-electron chi connectivity index (χ1n) is 7.32. The molecule has 4 rings (SSSR count). The number of pyridine rings is 1. The van der Waals surface area contributed by atoms with Gasteiger partial charge in [-0.2, -0.15) is 0 Å². The Morgan fingerprint density at radius 3 is 2.90 bits per heavy atom. The molecule has 21 heavy (non-hydrogen) atoms. The number of rotatable bonds is 2. The largest absolute Gasteiger partial charge is 0.365 e. The van der Waals surface area contributed by atoms with E-state index < -0.39 is 0 Å². The quantitative estimate of drug-likeness (QED) is 0.770. The summed E-state index contributed by atoms with van der Waals surface area (Å²) in [5.74, 6) is 0. The van der Waals surface area contributed by atoms with Crippen LogP contribution >= 0.6 is 11.3 Å². The smallest absolute Gasteiger partial charge is 0.182 e. The fraction of sp³-hybridized carbons (Fsp3) is 0.294. The van der Waals surface area contributed by atoms with Crippen LogP contribution in [0.5, 0.6) is 0 Å². The number of aryl methyl sites for hydroxylation is 2. The number of hydrogen-bond acceptors (Lipinski definition) is 4. The molecule has 2 aromatic heterocycles. The lowest BCUT2D eigenvalue weighted by Gasteiger charge is -2.12. The van der Waals surface area contributed by atoms with E-state index >= 15 is 0 Å². The lowest BCUT2D eigenvalue weighted by molar-refractivity contribution is 0.901. The van der Waals surface area contributed by atoms with Crippen molar-refractivity contribution in [3.8, 4) is 11.3 Å². The van der Waals surface area contributed by atoms with E-state index in [1.807, 2.05) is 7.05 Å². The number of nitrogens with zero attached hydrogens (tertiary/aromatic N) is 2. The molecule has 0 unspecified atom stereocenters. The maximum atomic E-state index is 4.93. The molecule has 0 bridgehead atoms. The number of anilines is 1. The summed E-state index contributed by atoms with van der Waals surface area (Å²) in [6.45, 7) is 2.14. The highest BCUT2D eigenvalue weighted by Gasteiger charge is 2.22. The van der Waals surface area contributed by atoms with Gasteiger partial charge in [0.2, 0.25) is 0 Å². The molecule has 0 aliphatic heterocycles. The average Bonchev–Trinajstić information content (AvgIpc) is 3.14. The van der Waals surface area contributed by atoms with E-state index in [2.05, 4.69) is 35.8 Å². The number of para-hydroxylation sites is 1. The molecule has 3 nitrogen and oxygen atoms in total. The first kappa shape index (κ1) is 12.8. The maximum absolute atomic E-state index is 4.93. The van der Waals surface area contributed by atoms with Crippen molar-refractivity contribution in [3.05, 3.63) is 40.4 Å². The van der Waals surface area contributed by atoms with Crippen LogP contribution in [-0.2, 0) is 12.8 Å². The molecule has 2 heterocycles. The second-order valence-corrected chi connectivity index (χ2v) is 6.38. The molecule has 0 amide bonds. The number of benzene rings is 1. The van der Waals surface area contributed by atoms with Gasteiger partial charge in [0, 0.05) is 29.1 Å². The van der Waals surface area contributed by atoms with Gasteiger partial charge in [-0.05, 0) is 37.3 Å². The molecular formula is C17H17N3S. The third-order valence-electron chi connectivity index (χ3n) is 4.22. The topological polar surface area (TPSA) is 37.8 Å². The summed E-state index contributed by atoms with van der Waals surface area (Å²) in [6.07, 6.45) is 3.41. The molecule has 0 saturated heterocycles. The maximum Gasteiger partial charge on any atom is 0.182 e. The fourth-order valence-corrected chi connectivity index (χ4v) is 3.89. The Morgan fingerprint density at radius 1 is 1.19 bits per heavy atom. The van der Waals surface area contributed by atoms with Crippen LogP contribution < -0.4 is 5.32 Å². The van der Waals surface area contributed by atoms with Gasteiger partial charge in [-0.25, -0.2) is 4.98 Å². The summed E-state index contributed by atoms with van der Waals surface area (Å²) in [6, 6.07) is 6.44. The van der Waals surface area contributed by atoms with Crippen molar-refractivity contribution in [3.63, 3.8) is 0 Å². The minimum Gasteiger partial charge on any atom is -0.365 e. The molecule has 0 fully saturated rings. The molecule has 3 aromatic rings. The Bertz CT molecular complexity index is 835. The third kappa shape index (κ3) is 1.94. The lowest BCUT2D eigenvalue weighted by Crippen LogP contribution is -1.97. The van der Waals surface area contributed by atoms with Crippen LogP contribution in [0.3, 0.4) is 0 Å². The minimum absolute atomic E-state index is 0.967. The number of thiazole rings is 1. The first-order valence-corrected chi connectivity index (χ1v) is 8.20. The van der Waals surface area contributed by atoms with Crippen molar-refractivity contribution in [2.45, 2.75) is 26.2 Å². The highest BCUT2D eigenvalue weighted by Crippen LogP contribution is 2.38. The number of fused-ring (bicyclic) bond motifs is 2. The zero-order chi connectivity index (χ0) is 14.4. The fourth-order valence-electron chi connectivity index (χ4n) is 3.22. The Kier molecular flexibility index (Phi) is 2.93. The van der Waals surface area contributed by atoms with Gasteiger partial charge in [-0.3, -0.25) is 4.98 Å². The van der Waals surface area contributed by atoms with E-state index in [4.69, 9.17) is 9.97 Å². The van der Waals surface area contributed by atoms with Crippen LogP contribution in [0, 0.1) is 6.92 Å². The van der Waals surface area contributed by atoms with Gasteiger partial charge in [0.1, 0.15) is 0 Å². The van der Waals surface area contributed by atoms with Gasteiger partial charge in [-0.15, -0.1) is 11.3 Å². The van der Waals surface area contributed by atoms with E-state index in [0.29, 0.717) is 0 Å². The van der Waals surface area contributed by atoms with Crippen LogP contribution in [0.2, 0.25) is 0 Å². The summed E-state index contributed by atoms with van der Waals surface area (Å²) in [4.78, 5) is 9.66. The monoisotopic (exact) mass is 295 g/mol. The predicted octanol–water partition coefficient (Wildman–Crippen LogP) is 4.20. The van der Waals surface area contributed by atoms with Crippen LogP contribution in [0.1, 0.15) is 23.2 Å². The summed E-state index contributed by atoms with van der Waals surface area (Å²) in [7, 11) is 1.92. The van der Waals surface area contributed by atoms with E-state index in [1.54, 1.807) is 11.3 Å². The van der Waals surface area contributed by atoms with Crippen molar-refractivity contribution in [1.29, 1.82) is 0 Å². The second kappa shape index (κ2) is 4.81.